The Hall–Kier alpha value is -3.72. The molecular formula is C26H30N8O. The Kier molecular flexibility index (Phi) is 5.69. The molecule has 1 saturated heterocycles. The van der Waals surface area contributed by atoms with E-state index in [1.165, 1.54) is 16.7 Å². The first kappa shape index (κ1) is 21.8. The highest BCUT2D eigenvalue weighted by Gasteiger charge is 2.19. The van der Waals surface area contributed by atoms with Gasteiger partial charge in [0.15, 0.2) is 17.0 Å². The minimum Gasteiger partial charge on any atom is -0.463 e. The van der Waals surface area contributed by atoms with Gasteiger partial charge in [0, 0.05) is 11.8 Å². The lowest BCUT2D eigenvalue weighted by atomic mass is 9.97. The van der Waals surface area contributed by atoms with E-state index in [2.05, 4.69) is 66.1 Å². The summed E-state index contributed by atoms with van der Waals surface area (Å²) in [6.07, 6.45) is 12.4. The molecule has 0 atom stereocenters. The molecule has 9 heteroatoms. The zero-order chi connectivity index (χ0) is 23.8. The molecule has 0 saturated carbocycles. The van der Waals surface area contributed by atoms with Crippen molar-refractivity contribution in [3.8, 4) is 17.1 Å². The summed E-state index contributed by atoms with van der Waals surface area (Å²) >= 11 is 0. The van der Waals surface area contributed by atoms with Crippen molar-refractivity contribution in [2.45, 2.75) is 45.2 Å². The molecular weight excluding hydrogens is 440 g/mol. The summed E-state index contributed by atoms with van der Waals surface area (Å²) < 4.78 is 10.0. The molecule has 2 aliphatic rings. The van der Waals surface area contributed by atoms with Crippen LogP contribution in [0, 0.1) is 6.92 Å². The fourth-order valence-electron chi connectivity index (χ4n) is 5.04. The number of nitrogen functional groups attached to an aromatic ring is 1. The highest BCUT2D eigenvalue weighted by Crippen LogP contribution is 2.29. The standard InChI is InChI=1S/C26H30N8O/c1-17-30-23-24(27)31-26-32-25(23)33(17)15-18-6-7-22(19(13-18)5-3-2-4-12-35-26)20-14-29-34(16-20)21-8-10-28-11-9-21/h2-3,6-7,13-14,16,21,28H,4-5,8-12,15H2,1H3,(H2,27,31,32)/b3-2+. The SMILES string of the molecule is Cc1nc2c(N)nc3nc2n1Cc1ccc(-c2cnn(C4CCNCC4)c2)c(c1)C/C=C/CCO3. The molecule has 0 radical (unpaired) electrons. The van der Waals surface area contributed by atoms with Gasteiger partial charge in [0.1, 0.15) is 5.82 Å². The third-order valence-corrected chi connectivity index (χ3v) is 6.92. The van der Waals surface area contributed by atoms with Gasteiger partial charge in [-0.1, -0.05) is 30.4 Å². The Bertz CT molecular complexity index is 1400. The molecule has 1 fully saturated rings. The average molecular weight is 471 g/mol. The Balaban J connectivity index is 1.39. The second kappa shape index (κ2) is 9.14. The topological polar surface area (TPSA) is 109 Å². The molecule has 2 aliphatic heterocycles. The van der Waals surface area contributed by atoms with Crippen LogP contribution in [-0.2, 0) is 13.0 Å². The highest BCUT2D eigenvalue weighted by atomic mass is 16.5. The van der Waals surface area contributed by atoms with E-state index in [4.69, 9.17) is 15.6 Å². The van der Waals surface area contributed by atoms with E-state index in [1.54, 1.807) is 0 Å². The number of benzene rings is 1. The van der Waals surface area contributed by atoms with Gasteiger partial charge in [-0.2, -0.15) is 15.1 Å². The van der Waals surface area contributed by atoms with Crippen LogP contribution in [0.5, 0.6) is 6.01 Å². The first-order valence-corrected chi connectivity index (χ1v) is 12.3. The van der Waals surface area contributed by atoms with E-state index in [-0.39, 0.29) is 0 Å². The number of hydrogen-bond acceptors (Lipinski definition) is 7. The van der Waals surface area contributed by atoms with Gasteiger partial charge in [0.05, 0.1) is 25.4 Å². The van der Waals surface area contributed by atoms with Gasteiger partial charge in [-0.25, -0.2) is 4.98 Å². The molecule has 4 aromatic rings. The van der Waals surface area contributed by atoms with Crippen LogP contribution in [0.2, 0.25) is 0 Å². The number of nitrogens with two attached hydrogens (primary N) is 1. The predicted molar refractivity (Wildman–Crippen MR) is 135 cm³/mol. The number of anilines is 1. The molecule has 0 unspecified atom stereocenters. The van der Waals surface area contributed by atoms with E-state index >= 15 is 0 Å². The summed E-state index contributed by atoms with van der Waals surface area (Å²) in [5.74, 6) is 1.19. The lowest BCUT2D eigenvalue weighted by Gasteiger charge is -2.22. The maximum absolute atomic E-state index is 6.18. The number of fused-ring (bicyclic) bond motifs is 3. The van der Waals surface area contributed by atoms with Gasteiger partial charge in [-0.05, 0) is 62.4 Å². The smallest absolute Gasteiger partial charge is 0.320 e. The van der Waals surface area contributed by atoms with Crippen LogP contribution in [0.3, 0.4) is 0 Å². The Morgan fingerprint density at radius 2 is 2.00 bits per heavy atom. The highest BCUT2D eigenvalue weighted by molar-refractivity contribution is 5.82. The Labute approximate surface area is 204 Å². The summed E-state index contributed by atoms with van der Waals surface area (Å²) in [5, 5.41) is 8.16. The number of rotatable bonds is 2. The molecule has 0 spiro atoms. The van der Waals surface area contributed by atoms with Gasteiger partial charge in [0.2, 0.25) is 0 Å². The van der Waals surface area contributed by atoms with Crippen LogP contribution in [0.1, 0.15) is 42.3 Å². The number of imidazole rings is 1. The van der Waals surface area contributed by atoms with Crippen molar-refractivity contribution in [2.75, 3.05) is 25.4 Å². The summed E-state index contributed by atoms with van der Waals surface area (Å²) in [4.78, 5) is 13.5. The van der Waals surface area contributed by atoms with E-state index in [0.29, 0.717) is 42.2 Å². The van der Waals surface area contributed by atoms with Crippen molar-refractivity contribution in [3.05, 3.63) is 59.7 Å². The maximum atomic E-state index is 6.18. The van der Waals surface area contributed by atoms with E-state index in [9.17, 15) is 0 Å². The van der Waals surface area contributed by atoms with Gasteiger partial charge in [-0.15, -0.1) is 0 Å². The van der Waals surface area contributed by atoms with E-state index in [1.807, 2.05) is 13.1 Å². The van der Waals surface area contributed by atoms with Crippen LogP contribution >= 0.6 is 0 Å². The molecule has 0 aliphatic carbocycles. The molecule has 3 aromatic heterocycles. The fourth-order valence-corrected chi connectivity index (χ4v) is 5.04. The molecule has 4 bridgehead atoms. The van der Waals surface area contributed by atoms with Crippen LogP contribution in [0.25, 0.3) is 22.3 Å². The van der Waals surface area contributed by atoms with Crippen molar-refractivity contribution >= 4 is 17.0 Å². The second-order valence-corrected chi connectivity index (χ2v) is 9.30. The number of aromatic nitrogens is 6. The number of nitrogens with zero attached hydrogens (tertiary/aromatic N) is 6. The number of ether oxygens (including phenoxy) is 1. The summed E-state index contributed by atoms with van der Waals surface area (Å²) in [7, 11) is 0. The van der Waals surface area contributed by atoms with E-state index < -0.39 is 0 Å². The Morgan fingerprint density at radius 3 is 2.89 bits per heavy atom. The number of allylic oxidation sites excluding steroid dienone is 1. The molecule has 0 amide bonds. The van der Waals surface area contributed by atoms with Crippen LogP contribution < -0.4 is 15.8 Å². The molecule has 180 valence electrons. The second-order valence-electron chi connectivity index (χ2n) is 9.30. The first-order valence-electron chi connectivity index (χ1n) is 12.3. The zero-order valence-electron chi connectivity index (χ0n) is 19.9. The monoisotopic (exact) mass is 470 g/mol. The number of piperidine rings is 1. The minimum absolute atomic E-state index is 0.295. The van der Waals surface area contributed by atoms with Gasteiger partial charge in [-0.3, -0.25) is 4.68 Å². The van der Waals surface area contributed by atoms with Crippen molar-refractivity contribution in [3.63, 3.8) is 0 Å². The fraction of sp³-hybridized carbons (Fsp3) is 0.385. The van der Waals surface area contributed by atoms with Crippen molar-refractivity contribution in [1.29, 1.82) is 0 Å². The van der Waals surface area contributed by atoms with Crippen molar-refractivity contribution in [2.24, 2.45) is 0 Å². The Morgan fingerprint density at radius 1 is 1.11 bits per heavy atom. The predicted octanol–water partition coefficient (Wildman–Crippen LogP) is 3.43. The molecule has 5 heterocycles. The quantitative estimate of drug-likeness (QED) is 0.432. The molecule has 6 rings (SSSR count). The average Bonchev–Trinajstić information content (AvgIpc) is 3.48. The number of hydrogen-bond donors (Lipinski definition) is 2. The molecule has 35 heavy (non-hydrogen) atoms. The minimum atomic E-state index is 0.295. The normalized spacial score (nSPS) is 17.9. The number of aryl methyl sites for hydroxylation is 1. The van der Waals surface area contributed by atoms with Crippen molar-refractivity contribution in [1.82, 2.24) is 34.6 Å². The van der Waals surface area contributed by atoms with E-state index in [0.717, 1.165) is 50.2 Å². The lowest BCUT2D eigenvalue weighted by molar-refractivity contribution is 0.300. The van der Waals surface area contributed by atoms with Gasteiger partial charge < -0.3 is 20.4 Å². The summed E-state index contributed by atoms with van der Waals surface area (Å²) in [6.45, 7) is 5.20. The van der Waals surface area contributed by atoms with Crippen LogP contribution in [0.4, 0.5) is 5.82 Å². The van der Waals surface area contributed by atoms with Crippen LogP contribution in [-0.4, -0.2) is 49.0 Å². The third-order valence-electron chi connectivity index (χ3n) is 6.92. The summed E-state index contributed by atoms with van der Waals surface area (Å²) in [5.41, 5.74) is 12.3. The van der Waals surface area contributed by atoms with Gasteiger partial charge >= 0.3 is 6.01 Å². The zero-order valence-corrected chi connectivity index (χ0v) is 19.9. The maximum Gasteiger partial charge on any atom is 0.320 e. The van der Waals surface area contributed by atoms with Crippen LogP contribution in [0.15, 0.2) is 42.7 Å². The molecule has 3 N–H and O–H groups in total. The van der Waals surface area contributed by atoms with Gasteiger partial charge in [0.25, 0.3) is 0 Å². The first-order chi connectivity index (χ1) is 17.2. The lowest BCUT2D eigenvalue weighted by Crippen LogP contribution is -2.29. The summed E-state index contributed by atoms with van der Waals surface area (Å²) in [6, 6.07) is 7.46. The third kappa shape index (κ3) is 4.27. The number of nitrogens with one attached hydrogen (secondary N) is 1. The molecule has 9 nitrogen and oxygen atoms in total. The molecule has 1 aromatic carbocycles. The van der Waals surface area contributed by atoms with Crippen molar-refractivity contribution < 1.29 is 4.74 Å². The largest absolute Gasteiger partial charge is 0.463 e.